The van der Waals surface area contributed by atoms with Gasteiger partial charge in [0.05, 0.1) is 12.2 Å². The second-order valence-corrected chi connectivity index (χ2v) is 4.30. The first-order valence-electron chi connectivity index (χ1n) is 6.23. The first kappa shape index (κ1) is 13.4. The largest absolute Gasteiger partial charge is 0.462 e. The molecule has 2 N–H and O–H groups in total. The van der Waals surface area contributed by atoms with E-state index in [2.05, 4.69) is 4.98 Å². The van der Waals surface area contributed by atoms with Gasteiger partial charge in [-0.15, -0.1) is 0 Å². The van der Waals surface area contributed by atoms with Crippen molar-refractivity contribution in [2.75, 3.05) is 6.61 Å². The van der Waals surface area contributed by atoms with Gasteiger partial charge in [0.15, 0.2) is 0 Å². The van der Waals surface area contributed by atoms with Gasteiger partial charge >= 0.3 is 5.97 Å². The number of nitrogens with one attached hydrogen (secondary N) is 1. The van der Waals surface area contributed by atoms with Crippen LogP contribution < -0.4 is 0 Å². The number of ether oxygens (including phenoxy) is 1. The molecule has 0 aliphatic heterocycles. The number of carbonyl (C=O) groups is 1. The third-order valence-electron chi connectivity index (χ3n) is 2.94. The summed E-state index contributed by atoms with van der Waals surface area (Å²) in [4.78, 5) is 14.7. The molecule has 0 bridgehead atoms. The van der Waals surface area contributed by atoms with Crippen LogP contribution in [0.2, 0.25) is 0 Å². The van der Waals surface area contributed by atoms with Gasteiger partial charge < -0.3 is 14.8 Å². The third kappa shape index (κ3) is 2.85. The molecule has 0 aliphatic carbocycles. The van der Waals surface area contributed by atoms with Gasteiger partial charge in [0.2, 0.25) is 0 Å². The monoisotopic (exact) mass is 259 g/mol. The highest BCUT2D eigenvalue weighted by molar-refractivity contribution is 5.91. The van der Waals surface area contributed by atoms with Crippen molar-refractivity contribution in [3.63, 3.8) is 0 Å². The topological polar surface area (TPSA) is 62.3 Å². The Hall–Kier alpha value is -2.07. The highest BCUT2D eigenvalue weighted by atomic mass is 16.5. The number of hydrogen-bond donors (Lipinski definition) is 2. The van der Waals surface area contributed by atoms with Crippen LogP contribution in [0.3, 0.4) is 0 Å². The zero-order chi connectivity index (χ0) is 13.8. The van der Waals surface area contributed by atoms with Crippen LogP contribution in [-0.2, 0) is 4.74 Å². The number of benzene rings is 1. The summed E-state index contributed by atoms with van der Waals surface area (Å²) < 4.78 is 4.97. The fourth-order valence-electron chi connectivity index (χ4n) is 1.97. The smallest absolute Gasteiger partial charge is 0.339 e. The first-order chi connectivity index (χ1) is 9.13. The number of esters is 1. The molecule has 1 heterocycles. The number of hydrogen-bond acceptors (Lipinski definition) is 3. The molecule has 1 aromatic carbocycles. The lowest BCUT2D eigenvalue weighted by Gasteiger charge is -2.08. The number of aromatic nitrogens is 1. The van der Waals surface area contributed by atoms with Crippen molar-refractivity contribution in [1.82, 2.24) is 4.98 Å². The van der Waals surface area contributed by atoms with Crippen LogP contribution in [-0.4, -0.2) is 22.7 Å². The number of aliphatic hydroxyl groups excluding tert-OH is 1. The van der Waals surface area contributed by atoms with Gasteiger partial charge in [-0.1, -0.05) is 30.3 Å². The van der Waals surface area contributed by atoms with Gasteiger partial charge in [0.1, 0.15) is 6.10 Å². The third-order valence-corrected chi connectivity index (χ3v) is 2.94. The Morgan fingerprint density at radius 2 is 2.05 bits per heavy atom. The van der Waals surface area contributed by atoms with E-state index in [9.17, 15) is 9.90 Å². The summed E-state index contributed by atoms with van der Waals surface area (Å²) in [7, 11) is 0. The first-order valence-corrected chi connectivity index (χ1v) is 6.23. The van der Waals surface area contributed by atoms with Gasteiger partial charge in [-0.05, 0) is 25.5 Å². The maximum absolute atomic E-state index is 11.7. The van der Waals surface area contributed by atoms with Crippen molar-refractivity contribution in [3.8, 4) is 0 Å². The van der Waals surface area contributed by atoms with E-state index in [0.717, 1.165) is 5.56 Å². The number of aliphatic hydroxyl groups is 1. The van der Waals surface area contributed by atoms with Crippen molar-refractivity contribution < 1.29 is 14.6 Å². The van der Waals surface area contributed by atoms with Crippen LogP contribution in [0, 0.1) is 6.92 Å². The zero-order valence-corrected chi connectivity index (χ0v) is 11.0. The van der Waals surface area contributed by atoms with Gasteiger partial charge in [-0.3, -0.25) is 0 Å². The molecule has 2 aromatic rings. The Morgan fingerprint density at radius 1 is 1.37 bits per heavy atom. The quantitative estimate of drug-likeness (QED) is 0.829. The van der Waals surface area contributed by atoms with Crippen LogP contribution in [0.1, 0.15) is 40.3 Å². The van der Waals surface area contributed by atoms with E-state index in [1.165, 1.54) is 0 Å². The molecular formula is C15H17NO3. The highest BCUT2D eigenvalue weighted by Gasteiger charge is 2.18. The lowest BCUT2D eigenvalue weighted by Crippen LogP contribution is -2.04. The average Bonchev–Trinajstić information content (AvgIpc) is 2.81. The van der Waals surface area contributed by atoms with Gasteiger partial charge in [-0.25, -0.2) is 4.79 Å². The molecule has 0 aliphatic rings. The maximum Gasteiger partial charge on any atom is 0.339 e. The zero-order valence-electron chi connectivity index (χ0n) is 11.0. The number of aryl methyl sites for hydroxylation is 1. The van der Waals surface area contributed by atoms with Gasteiger partial charge in [0, 0.05) is 11.4 Å². The lowest BCUT2D eigenvalue weighted by molar-refractivity contribution is 0.0525. The molecule has 19 heavy (non-hydrogen) atoms. The summed E-state index contributed by atoms with van der Waals surface area (Å²) in [6.07, 6.45) is -0.775. The standard InChI is InChI=1S/C15H17NO3/c1-3-19-15(18)12-9-13(16-10(12)2)14(17)11-7-5-4-6-8-11/h4-9,14,16-17H,3H2,1-2H3. The SMILES string of the molecule is CCOC(=O)c1cc(C(O)c2ccccc2)[nH]c1C. The molecule has 4 heteroatoms. The fourth-order valence-corrected chi connectivity index (χ4v) is 1.97. The molecule has 4 nitrogen and oxygen atoms in total. The molecule has 1 atom stereocenters. The number of carbonyl (C=O) groups excluding carboxylic acids is 1. The van der Waals surface area contributed by atoms with E-state index in [1.54, 1.807) is 19.9 Å². The molecule has 0 saturated heterocycles. The Kier molecular flexibility index (Phi) is 4.02. The number of aromatic amines is 1. The predicted molar refractivity (Wildman–Crippen MR) is 72.0 cm³/mol. The summed E-state index contributed by atoms with van der Waals surface area (Å²) in [6.45, 7) is 3.88. The molecule has 1 aromatic heterocycles. The van der Waals surface area contributed by atoms with Crippen LogP contribution >= 0.6 is 0 Å². The Bertz CT molecular complexity index is 560. The van der Waals surface area contributed by atoms with E-state index in [0.29, 0.717) is 23.6 Å². The summed E-state index contributed by atoms with van der Waals surface area (Å²) in [6, 6.07) is 10.9. The summed E-state index contributed by atoms with van der Waals surface area (Å²) in [5.41, 5.74) is 2.53. The summed E-state index contributed by atoms with van der Waals surface area (Å²) >= 11 is 0. The highest BCUT2D eigenvalue weighted by Crippen LogP contribution is 2.23. The molecule has 0 radical (unpaired) electrons. The normalized spacial score (nSPS) is 12.2. The van der Waals surface area contributed by atoms with Crippen molar-refractivity contribution >= 4 is 5.97 Å². The van der Waals surface area contributed by atoms with E-state index in [1.807, 2.05) is 30.3 Å². The molecular weight excluding hydrogens is 242 g/mol. The van der Waals surface area contributed by atoms with Crippen molar-refractivity contribution in [1.29, 1.82) is 0 Å². The van der Waals surface area contributed by atoms with E-state index in [-0.39, 0.29) is 5.97 Å². The Morgan fingerprint density at radius 3 is 2.68 bits per heavy atom. The minimum absolute atomic E-state index is 0.333. The molecule has 0 saturated carbocycles. The number of H-pyrrole nitrogens is 1. The minimum Gasteiger partial charge on any atom is -0.462 e. The van der Waals surface area contributed by atoms with Crippen LogP contribution in [0.4, 0.5) is 0 Å². The van der Waals surface area contributed by atoms with Gasteiger partial charge in [0.25, 0.3) is 0 Å². The van der Waals surface area contributed by atoms with Crippen LogP contribution in [0.5, 0.6) is 0 Å². The lowest BCUT2D eigenvalue weighted by atomic mass is 10.1. The van der Waals surface area contributed by atoms with E-state index in [4.69, 9.17) is 4.74 Å². The minimum atomic E-state index is -0.775. The van der Waals surface area contributed by atoms with Crippen LogP contribution in [0.15, 0.2) is 36.4 Å². The molecule has 1 unspecified atom stereocenters. The maximum atomic E-state index is 11.7. The summed E-state index contributed by atoms with van der Waals surface area (Å²) in [5.74, 6) is -0.372. The second-order valence-electron chi connectivity index (χ2n) is 4.30. The number of rotatable bonds is 4. The summed E-state index contributed by atoms with van der Waals surface area (Å²) in [5, 5.41) is 10.3. The molecule has 0 spiro atoms. The Labute approximate surface area is 112 Å². The second kappa shape index (κ2) is 5.71. The molecule has 100 valence electrons. The van der Waals surface area contributed by atoms with Crippen LogP contribution in [0.25, 0.3) is 0 Å². The van der Waals surface area contributed by atoms with E-state index >= 15 is 0 Å². The van der Waals surface area contributed by atoms with E-state index < -0.39 is 6.10 Å². The fraction of sp³-hybridized carbons (Fsp3) is 0.267. The molecule has 2 rings (SSSR count). The molecule has 0 amide bonds. The van der Waals surface area contributed by atoms with Crippen molar-refractivity contribution in [2.24, 2.45) is 0 Å². The average molecular weight is 259 g/mol. The Balaban J connectivity index is 2.27. The predicted octanol–water partition coefficient (Wildman–Crippen LogP) is 2.58. The molecule has 0 fully saturated rings. The van der Waals surface area contributed by atoms with Gasteiger partial charge in [-0.2, -0.15) is 0 Å². The van der Waals surface area contributed by atoms with Crippen molar-refractivity contribution in [3.05, 3.63) is 58.9 Å². The van der Waals surface area contributed by atoms with Crippen molar-refractivity contribution in [2.45, 2.75) is 20.0 Å².